The zero-order valence-corrected chi connectivity index (χ0v) is 21.1. The third kappa shape index (κ3) is 2.29. The van der Waals surface area contributed by atoms with Crippen LogP contribution in [0.4, 0.5) is 0 Å². The number of pyridine rings is 1. The van der Waals surface area contributed by atoms with Crippen molar-refractivity contribution in [1.82, 2.24) is 4.98 Å². The summed E-state index contributed by atoms with van der Waals surface area (Å²) < 4.78 is 0. The van der Waals surface area contributed by atoms with Crippen molar-refractivity contribution < 1.29 is 0 Å². The predicted molar refractivity (Wildman–Crippen MR) is 152 cm³/mol. The zero-order chi connectivity index (χ0) is 24.4. The van der Waals surface area contributed by atoms with Crippen molar-refractivity contribution in [2.24, 2.45) is 0 Å². The molecule has 0 spiro atoms. The Labute approximate surface area is 211 Å². The molecular weight excluding hydrogens is 434 g/mol. The molecule has 5 aromatic carbocycles. The molecule has 1 heterocycles. The summed E-state index contributed by atoms with van der Waals surface area (Å²) in [5, 5.41) is 6.57. The Balaban J connectivity index is 1.57. The van der Waals surface area contributed by atoms with Gasteiger partial charge < -0.3 is 0 Å². The van der Waals surface area contributed by atoms with Crippen LogP contribution < -0.4 is 0 Å². The first-order valence-corrected chi connectivity index (χ1v) is 12.9. The highest BCUT2D eigenvalue weighted by atomic mass is 14.7. The Morgan fingerprint density at radius 1 is 0.528 bits per heavy atom. The van der Waals surface area contributed by atoms with E-state index in [0.29, 0.717) is 0 Å². The minimum absolute atomic E-state index is 0.0719. The fourth-order valence-electron chi connectivity index (χ4n) is 7.21. The van der Waals surface area contributed by atoms with Gasteiger partial charge in [-0.3, -0.25) is 4.98 Å². The van der Waals surface area contributed by atoms with Crippen molar-refractivity contribution in [2.45, 2.75) is 38.5 Å². The summed E-state index contributed by atoms with van der Waals surface area (Å²) >= 11 is 0. The van der Waals surface area contributed by atoms with Crippen LogP contribution in [0.5, 0.6) is 0 Å². The van der Waals surface area contributed by atoms with Crippen LogP contribution in [0.25, 0.3) is 54.7 Å². The van der Waals surface area contributed by atoms with Gasteiger partial charge in [-0.15, -0.1) is 0 Å². The quantitative estimate of drug-likeness (QED) is 0.222. The van der Waals surface area contributed by atoms with E-state index >= 15 is 0 Å². The van der Waals surface area contributed by atoms with E-state index in [1.54, 1.807) is 0 Å². The molecule has 0 fully saturated rings. The largest absolute Gasteiger partial charge is 0.256 e. The molecule has 0 radical (unpaired) electrons. The van der Waals surface area contributed by atoms with E-state index in [4.69, 9.17) is 4.98 Å². The number of rotatable bonds is 1. The summed E-state index contributed by atoms with van der Waals surface area (Å²) in [5.41, 5.74) is 12.1. The van der Waals surface area contributed by atoms with Crippen LogP contribution in [0.15, 0.2) is 91.1 Å². The molecule has 2 aliphatic carbocycles. The molecule has 0 saturated carbocycles. The number of nitrogens with zero attached hydrogens (tertiary/aromatic N) is 1. The lowest BCUT2D eigenvalue weighted by atomic mass is 9.68. The third-order valence-electron chi connectivity index (χ3n) is 9.05. The van der Waals surface area contributed by atoms with Gasteiger partial charge in [0.15, 0.2) is 0 Å². The number of fused-ring (bicyclic) bond motifs is 2. The van der Waals surface area contributed by atoms with Crippen LogP contribution in [0.2, 0.25) is 0 Å². The highest BCUT2D eigenvalue weighted by molar-refractivity contribution is 6.14. The second kappa shape index (κ2) is 6.42. The Morgan fingerprint density at radius 3 is 1.81 bits per heavy atom. The number of benzene rings is 5. The Hall–Kier alpha value is -3.97. The Kier molecular flexibility index (Phi) is 3.61. The fourth-order valence-corrected chi connectivity index (χ4v) is 7.21. The Bertz CT molecular complexity index is 1880. The minimum Gasteiger partial charge on any atom is -0.256 e. The average molecular weight is 462 g/mol. The molecule has 0 N–H and O–H groups in total. The highest BCUT2D eigenvalue weighted by Crippen LogP contribution is 2.60. The van der Waals surface area contributed by atoms with Gasteiger partial charge in [0.05, 0.1) is 5.52 Å². The lowest BCUT2D eigenvalue weighted by Crippen LogP contribution is -2.24. The van der Waals surface area contributed by atoms with E-state index in [1.165, 1.54) is 71.4 Å². The molecule has 2 aliphatic rings. The maximum atomic E-state index is 4.77. The molecule has 172 valence electrons. The zero-order valence-electron chi connectivity index (χ0n) is 21.1. The van der Waals surface area contributed by atoms with Gasteiger partial charge in [-0.2, -0.15) is 0 Å². The van der Waals surface area contributed by atoms with E-state index in [2.05, 4.69) is 113 Å². The lowest BCUT2D eigenvalue weighted by molar-refractivity contribution is 0.639. The summed E-state index contributed by atoms with van der Waals surface area (Å²) in [4.78, 5) is 4.77. The summed E-state index contributed by atoms with van der Waals surface area (Å²) in [6, 6.07) is 31.8. The van der Waals surface area contributed by atoms with Gasteiger partial charge in [0, 0.05) is 22.4 Å². The molecule has 0 aliphatic heterocycles. The third-order valence-corrected chi connectivity index (χ3v) is 9.05. The molecule has 1 heteroatoms. The molecule has 6 aromatic rings. The van der Waals surface area contributed by atoms with Gasteiger partial charge in [-0.05, 0) is 96.4 Å². The normalized spacial score (nSPS) is 16.2. The SMILES string of the molecule is CC1(C)c2cc(-c3c4ccccc4cc4ccccc34)cc3c2-c2c1ccc1nccc(c21)C3(C)C. The van der Waals surface area contributed by atoms with E-state index in [0.717, 1.165) is 5.52 Å². The van der Waals surface area contributed by atoms with Crippen molar-refractivity contribution in [3.05, 3.63) is 113 Å². The molecule has 36 heavy (non-hydrogen) atoms. The Morgan fingerprint density at radius 2 is 1.14 bits per heavy atom. The lowest BCUT2D eigenvalue weighted by Gasteiger charge is -2.35. The van der Waals surface area contributed by atoms with Crippen molar-refractivity contribution in [3.63, 3.8) is 0 Å². The predicted octanol–water partition coefficient (Wildman–Crippen LogP) is 9.15. The van der Waals surface area contributed by atoms with E-state index in [1.807, 2.05) is 6.20 Å². The van der Waals surface area contributed by atoms with E-state index in [9.17, 15) is 0 Å². The van der Waals surface area contributed by atoms with Gasteiger partial charge in [0.2, 0.25) is 0 Å². The van der Waals surface area contributed by atoms with Crippen molar-refractivity contribution >= 4 is 32.4 Å². The molecule has 0 saturated heterocycles. The highest BCUT2D eigenvalue weighted by Gasteiger charge is 2.45. The first kappa shape index (κ1) is 20.2. The number of hydrogen-bond donors (Lipinski definition) is 0. The van der Waals surface area contributed by atoms with Crippen LogP contribution in [0, 0.1) is 0 Å². The topological polar surface area (TPSA) is 12.9 Å². The molecule has 0 unspecified atom stereocenters. The van der Waals surface area contributed by atoms with Crippen molar-refractivity contribution in [3.8, 4) is 22.3 Å². The second-order valence-corrected chi connectivity index (χ2v) is 11.6. The minimum atomic E-state index is -0.117. The molecule has 8 rings (SSSR count). The first-order chi connectivity index (χ1) is 17.4. The van der Waals surface area contributed by atoms with Gasteiger partial charge in [-0.25, -0.2) is 0 Å². The molecule has 1 nitrogen and oxygen atoms in total. The monoisotopic (exact) mass is 461 g/mol. The van der Waals surface area contributed by atoms with Crippen LogP contribution in [0.1, 0.15) is 49.9 Å². The summed E-state index contributed by atoms with van der Waals surface area (Å²) in [6.45, 7) is 9.58. The smallest absolute Gasteiger partial charge is 0.0711 e. The van der Waals surface area contributed by atoms with Gasteiger partial charge in [0.1, 0.15) is 0 Å². The van der Waals surface area contributed by atoms with Crippen LogP contribution in [-0.4, -0.2) is 4.98 Å². The maximum Gasteiger partial charge on any atom is 0.0711 e. The fraction of sp³-hybridized carbons (Fsp3) is 0.171. The standard InChI is InChI=1S/C35H27N/c1-34(2)25-13-14-29-32-26(15-16-36-29)35(3,4)28-19-22(18-27(34)31(28)33(25)32)30-23-11-7-5-9-20(23)17-21-10-6-8-12-24(21)30/h5-19H,1-4H3. The first-order valence-electron chi connectivity index (χ1n) is 12.9. The molecule has 0 bridgehead atoms. The molecular formula is C35H27N. The van der Waals surface area contributed by atoms with E-state index in [-0.39, 0.29) is 10.8 Å². The summed E-state index contributed by atoms with van der Waals surface area (Å²) in [7, 11) is 0. The average Bonchev–Trinajstić information content (AvgIpc) is 3.12. The van der Waals surface area contributed by atoms with E-state index < -0.39 is 0 Å². The second-order valence-electron chi connectivity index (χ2n) is 11.6. The van der Waals surface area contributed by atoms with Crippen LogP contribution >= 0.6 is 0 Å². The number of aromatic nitrogens is 1. The molecule has 0 amide bonds. The van der Waals surface area contributed by atoms with Gasteiger partial charge >= 0.3 is 0 Å². The van der Waals surface area contributed by atoms with Gasteiger partial charge in [0.25, 0.3) is 0 Å². The summed E-state index contributed by atoms with van der Waals surface area (Å²) in [6.07, 6.45) is 1.99. The number of hydrogen-bond acceptors (Lipinski definition) is 1. The van der Waals surface area contributed by atoms with Crippen LogP contribution in [-0.2, 0) is 10.8 Å². The molecule has 1 aromatic heterocycles. The van der Waals surface area contributed by atoms with Crippen molar-refractivity contribution in [2.75, 3.05) is 0 Å². The van der Waals surface area contributed by atoms with Crippen molar-refractivity contribution in [1.29, 1.82) is 0 Å². The van der Waals surface area contributed by atoms with Gasteiger partial charge in [-0.1, -0.05) is 82.3 Å². The van der Waals surface area contributed by atoms with Crippen LogP contribution in [0.3, 0.4) is 0 Å². The molecule has 0 atom stereocenters. The summed E-state index contributed by atoms with van der Waals surface area (Å²) in [5.74, 6) is 0. The maximum absolute atomic E-state index is 4.77.